The number of primary amides is 1. The summed E-state index contributed by atoms with van der Waals surface area (Å²) in [6.45, 7) is 0.0411. The number of carbonyl (C=O) groups excluding carboxylic acids is 2. The molecule has 0 aliphatic heterocycles. The average molecular weight is 345 g/mol. The SMILES string of the molecule is NC(=O)Nc1ccc(C(=O)OCc2cn3cc(Cl)ccc3n2)cc1. The molecule has 2 aromatic heterocycles. The Morgan fingerprint density at radius 3 is 2.62 bits per heavy atom. The lowest BCUT2D eigenvalue weighted by Crippen LogP contribution is -2.19. The molecular formula is C16H13ClN4O3. The minimum Gasteiger partial charge on any atom is -0.456 e. The number of nitrogens with one attached hydrogen (secondary N) is 1. The number of nitrogens with zero attached hydrogens (tertiary/aromatic N) is 2. The first-order valence-electron chi connectivity index (χ1n) is 6.98. The molecule has 0 atom stereocenters. The standard InChI is InChI=1S/C16H13ClN4O3/c17-11-3-6-14-19-13(8-21(14)7-11)9-24-15(22)10-1-4-12(5-2-10)20-16(18)23/h1-8H,9H2,(H3,18,20,23). The predicted octanol–water partition coefficient (Wildman–Crippen LogP) is 2.84. The van der Waals surface area contributed by atoms with Crippen molar-refractivity contribution in [1.82, 2.24) is 9.38 Å². The van der Waals surface area contributed by atoms with E-state index in [0.717, 1.165) is 0 Å². The first kappa shape index (κ1) is 15.8. The summed E-state index contributed by atoms with van der Waals surface area (Å²) in [5.41, 5.74) is 7.20. The molecule has 0 saturated heterocycles. The zero-order valence-electron chi connectivity index (χ0n) is 12.4. The second-order valence-corrected chi connectivity index (χ2v) is 5.42. The minimum atomic E-state index is -0.669. The van der Waals surface area contributed by atoms with E-state index < -0.39 is 12.0 Å². The Morgan fingerprint density at radius 1 is 1.17 bits per heavy atom. The molecule has 0 unspecified atom stereocenters. The van der Waals surface area contributed by atoms with Crippen molar-refractivity contribution < 1.29 is 14.3 Å². The molecule has 0 aliphatic rings. The molecule has 2 heterocycles. The molecule has 0 radical (unpaired) electrons. The van der Waals surface area contributed by atoms with Crippen LogP contribution in [0.2, 0.25) is 5.02 Å². The monoisotopic (exact) mass is 344 g/mol. The summed E-state index contributed by atoms with van der Waals surface area (Å²) in [7, 11) is 0. The molecule has 3 N–H and O–H groups in total. The lowest BCUT2D eigenvalue weighted by molar-refractivity contribution is 0.0468. The first-order valence-corrected chi connectivity index (χ1v) is 7.36. The fourth-order valence-electron chi connectivity index (χ4n) is 2.14. The van der Waals surface area contributed by atoms with Crippen LogP contribution in [0.4, 0.5) is 10.5 Å². The molecule has 122 valence electrons. The van der Waals surface area contributed by atoms with Crippen LogP contribution in [0.5, 0.6) is 0 Å². The largest absolute Gasteiger partial charge is 0.456 e. The van der Waals surface area contributed by atoms with Gasteiger partial charge in [-0.15, -0.1) is 0 Å². The number of carbonyl (C=O) groups is 2. The number of esters is 1. The van der Waals surface area contributed by atoms with E-state index in [0.29, 0.717) is 27.6 Å². The van der Waals surface area contributed by atoms with Gasteiger partial charge in [0, 0.05) is 18.1 Å². The third-order valence-corrected chi connectivity index (χ3v) is 3.43. The smallest absolute Gasteiger partial charge is 0.338 e. The van der Waals surface area contributed by atoms with E-state index in [1.165, 1.54) is 12.1 Å². The van der Waals surface area contributed by atoms with Gasteiger partial charge in [-0.05, 0) is 36.4 Å². The zero-order valence-corrected chi connectivity index (χ0v) is 13.2. The highest BCUT2D eigenvalue weighted by molar-refractivity contribution is 6.30. The van der Waals surface area contributed by atoms with Crippen LogP contribution in [0.15, 0.2) is 48.8 Å². The molecule has 3 aromatic rings. The quantitative estimate of drug-likeness (QED) is 0.711. The highest BCUT2D eigenvalue weighted by Gasteiger charge is 2.09. The maximum atomic E-state index is 12.0. The number of halogens is 1. The van der Waals surface area contributed by atoms with Gasteiger partial charge < -0.3 is 20.2 Å². The lowest BCUT2D eigenvalue weighted by atomic mass is 10.2. The molecule has 24 heavy (non-hydrogen) atoms. The molecule has 7 nitrogen and oxygen atoms in total. The van der Waals surface area contributed by atoms with E-state index in [2.05, 4.69) is 10.3 Å². The minimum absolute atomic E-state index is 0.0411. The highest BCUT2D eigenvalue weighted by atomic mass is 35.5. The number of urea groups is 1. The number of amides is 2. The molecule has 0 fully saturated rings. The van der Waals surface area contributed by atoms with Crippen LogP contribution in [0.25, 0.3) is 5.65 Å². The Labute approximate surface area is 142 Å². The van der Waals surface area contributed by atoms with E-state index in [4.69, 9.17) is 22.1 Å². The molecule has 0 aliphatic carbocycles. The summed E-state index contributed by atoms with van der Waals surface area (Å²) < 4.78 is 6.99. The number of anilines is 1. The van der Waals surface area contributed by atoms with Gasteiger partial charge >= 0.3 is 12.0 Å². The zero-order chi connectivity index (χ0) is 17.1. The van der Waals surface area contributed by atoms with Crippen molar-refractivity contribution >= 4 is 34.9 Å². The van der Waals surface area contributed by atoms with Gasteiger partial charge in [-0.25, -0.2) is 14.6 Å². The van der Waals surface area contributed by atoms with Gasteiger partial charge in [-0.1, -0.05) is 11.6 Å². The van der Waals surface area contributed by atoms with Crippen LogP contribution in [-0.2, 0) is 11.3 Å². The number of fused-ring (bicyclic) bond motifs is 1. The number of imidazole rings is 1. The van der Waals surface area contributed by atoms with Gasteiger partial charge in [0.1, 0.15) is 12.3 Å². The molecule has 2 amide bonds. The van der Waals surface area contributed by atoms with Crippen LogP contribution in [0.3, 0.4) is 0 Å². The maximum Gasteiger partial charge on any atom is 0.338 e. The fourth-order valence-corrected chi connectivity index (χ4v) is 2.31. The van der Waals surface area contributed by atoms with Gasteiger partial charge in [0.05, 0.1) is 16.3 Å². The second-order valence-electron chi connectivity index (χ2n) is 4.99. The van der Waals surface area contributed by atoms with Crippen molar-refractivity contribution in [2.24, 2.45) is 5.73 Å². The van der Waals surface area contributed by atoms with E-state index in [1.807, 2.05) is 0 Å². The third-order valence-electron chi connectivity index (χ3n) is 3.20. The fraction of sp³-hybridized carbons (Fsp3) is 0.0625. The van der Waals surface area contributed by atoms with E-state index in [-0.39, 0.29) is 6.61 Å². The number of hydrogen-bond acceptors (Lipinski definition) is 4. The first-order chi connectivity index (χ1) is 11.5. The molecule has 8 heteroatoms. The van der Waals surface area contributed by atoms with Crippen molar-refractivity contribution in [1.29, 1.82) is 0 Å². The summed E-state index contributed by atoms with van der Waals surface area (Å²) in [5, 5.41) is 3.00. The van der Waals surface area contributed by atoms with E-state index in [9.17, 15) is 9.59 Å². The van der Waals surface area contributed by atoms with Crippen LogP contribution >= 0.6 is 11.6 Å². The van der Waals surface area contributed by atoms with Crippen molar-refractivity contribution in [2.75, 3.05) is 5.32 Å². The van der Waals surface area contributed by atoms with Crippen molar-refractivity contribution in [2.45, 2.75) is 6.61 Å². The van der Waals surface area contributed by atoms with Gasteiger partial charge in [-0.3, -0.25) is 0 Å². The summed E-state index contributed by atoms with van der Waals surface area (Å²) >= 11 is 5.91. The van der Waals surface area contributed by atoms with Crippen LogP contribution in [0.1, 0.15) is 16.1 Å². The van der Waals surface area contributed by atoms with Crippen molar-refractivity contribution in [3.05, 3.63) is 65.1 Å². The molecule has 0 saturated carbocycles. The van der Waals surface area contributed by atoms with E-state index >= 15 is 0 Å². The van der Waals surface area contributed by atoms with Crippen LogP contribution in [-0.4, -0.2) is 21.4 Å². The summed E-state index contributed by atoms with van der Waals surface area (Å²) in [6, 6.07) is 9.05. The van der Waals surface area contributed by atoms with Gasteiger partial charge in [-0.2, -0.15) is 0 Å². The number of pyridine rings is 1. The van der Waals surface area contributed by atoms with Gasteiger partial charge in [0.25, 0.3) is 0 Å². The molecule has 0 bridgehead atoms. The Bertz CT molecular complexity index is 905. The lowest BCUT2D eigenvalue weighted by Gasteiger charge is -2.05. The average Bonchev–Trinajstić information content (AvgIpc) is 2.94. The maximum absolute atomic E-state index is 12.0. The normalized spacial score (nSPS) is 10.5. The van der Waals surface area contributed by atoms with Gasteiger partial charge in [0.15, 0.2) is 0 Å². The number of benzene rings is 1. The summed E-state index contributed by atoms with van der Waals surface area (Å²) in [6.07, 6.45) is 3.47. The Balaban J connectivity index is 1.64. The number of nitrogens with two attached hydrogens (primary N) is 1. The third kappa shape index (κ3) is 3.64. The topological polar surface area (TPSA) is 98.7 Å². The van der Waals surface area contributed by atoms with Crippen LogP contribution < -0.4 is 11.1 Å². The number of ether oxygens (including phenoxy) is 1. The Hall–Kier alpha value is -3.06. The highest BCUT2D eigenvalue weighted by Crippen LogP contribution is 2.14. The van der Waals surface area contributed by atoms with E-state index in [1.54, 1.807) is 41.1 Å². The summed E-state index contributed by atoms with van der Waals surface area (Å²) in [4.78, 5) is 27.1. The predicted molar refractivity (Wildman–Crippen MR) is 89.0 cm³/mol. The molecular weight excluding hydrogens is 332 g/mol. The molecule has 0 spiro atoms. The Kier molecular flexibility index (Phi) is 4.35. The molecule has 3 rings (SSSR count). The number of rotatable bonds is 4. The number of hydrogen-bond donors (Lipinski definition) is 2. The number of aromatic nitrogens is 2. The second kappa shape index (κ2) is 6.59. The molecule has 1 aromatic carbocycles. The van der Waals surface area contributed by atoms with Crippen LogP contribution in [0, 0.1) is 0 Å². The van der Waals surface area contributed by atoms with Gasteiger partial charge in [0.2, 0.25) is 0 Å². The van der Waals surface area contributed by atoms with Crippen molar-refractivity contribution in [3.63, 3.8) is 0 Å². The van der Waals surface area contributed by atoms with Crippen molar-refractivity contribution in [3.8, 4) is 0 Å². The Morgan fingerprint density at radius 2 is 1.92 bits per heavy atom. The summed E-state index contributed by atoms with van der Waals surface area (Å²) in [5.74, 6) is -0.490.